The van der Waals surface area contributed by atoms with Crippen molar-refractivity contribution in [3.05, 3.63) is 47.0 Å². The summed E-state index contributed by atoms with van der Waals surface area (Å²) in [5.74, 6) is 0.274. The van der Waals surface area contributed by atoms with Crippen LogP contribution in [0.2, 0.25) is 5.02 Å². The van der Waals surface area contributed by atoms with E-state index in [2.05, 4.69) is 4.72 Å². The molecule has 1 aliphatic rings. The molecule has 8 nitrogen and oxygen atoms in total. The van der Waals surface area contributed by atoms with E-state index in [0.29, 0.717) is 23.8 Å². The summed E-state index contributed by atoms with van der Waals surface area (Å²) in [6.07, 6.45) is 0. The van der Waals surface area contributed by atoms with Crippen LogP contribution in [0.15, 0.2) is 46.2 Å². The maximum Gasteiger partial charge on any atom is 0.262 e. The summed E-state index contributed by atoms with van der Waals surface area (Å²) in [6.45, 7) is 2.93. The van der Waals surface area contributed by atoms with Gasteiger partial charge >= 0.3 is 0 Å². The quantitative estimate of drug-likeness (QED) is 0.710. The van der Waals surface area contributed by atoms with Crippen LogP contribution in [0.1, 0.15) is 5.56 Å². The van der Waals surface area contributed by atoms with E-state index in [0.717, 1.165) is 0 Å². The summed E-state index contributed by atoms with van der Waals surface area (Å²) in [5, 5.41) is 0.447. The molecule has 0 atom stereocenters. The number of ether oxygens (including phenoxy) is 2. The molecule has 0 aliphatic carbocycles. The molecular formula is C18H21ClN2O6S2. The average Bonchev–Trinajstić information content (AvgIpc) is 2.71. The Morgan fingerprint density at radius 3 is 2.21 bits per heavy atom. The Morgan fingerprint density at radius 2 is 1.62 bits per heavy atom. The van der Waals surface area contributed by atoms with Crippen LogP contribution >= 0.6 is 11.6 Å². The zero-order chi connectivity index (χ0) is 21.2. The summed E-state index contributed by atoms with van der Waals surface area (Å²) in [5.41, 5.74) is 0.913. The molecule has 11 heteroatoms. The largest absolute Gasteiger partial charge is 0.495 e. The van der Waals surface area contributed by atoms with Gasteiger partial charge in [-0.25, -0.2) is 16.8 Å². The van der Waals surface area contributed by atoms with Gasteiger partial charge in [0.15, 0.2) is 0 Å². The maximum atomic E-state index is 12.8. The van der Waals surface area contributed by atoms with Crippen LogP contribution in [-0.4, -0.2) is 54.6 Å². The van der Waals surface area contributed by atoms with Crippen LogP contribution < -0.4 is 9.46 Å². The Labute approximate surface area is 175 Å². The summed E-state index contributed by atoms with van der Waals surface area (Å²) < 4.78 is 65.0. The predicted molar refractivity (Wildman–Crippen MR) is 110 cm³/mol. The second-order valence-electron chi connectivity index (χ2n) is 6.40. The van der Waals surface area contributed by atoms with Gasteiger partial charge in [0.2, 0.25) is 10.0 Å². The van der Waals surface area contributed by atoms with Gasteiger partial charge in [-0.1, -0.05) is 11.6 Å². The van der Waals surface area contributed by atoms with Crippen molar-refractivity contribution in [3.63, 3.8) is 0 Å². The van der Waals surface area contributed by atoms with Gasteiger partial charge < -0.3 is 9.47 Å². The van der Waals surface area contributed by atoms with Crippen LogP contribution in [0.25, 0.3) is 0 Å². The molecule has 3 rings (SSSR count). The first-order valence-electron chi connectivity index (χ1n) is 8.70. The fourth-order valence-corrected chi connectivity index (χ4v) is 5.47. The number of sulfonamides is 2. The molecule has 158 valence electrons. The van der Waals surface area contributed by atoms with Gasteiger partial charge in [0.25, 0.3) is 10.0 Å². The summed E-state index contributed by atoms with van der Waals surface area (Å²) in [7, 11) is -6.26. The molecule has 1 heterocycles. The molecule has 0 amide bonds. The van der Waals surface area contributed by atoms with Gasteiger partial charge in [-0.2, -0.15) is 4.31 Å². The van der Waals surface area contributed by atoms with Crippen LogP contribution in [0, 0.1) is 6.92 Å². The van der Waals surface area contributed by atoms with Gasteiger partial charge in [0, 0.05) is 24.2 Å². The van der Waals surface area contributed by atoms with E-state index in [1.165, 1.54) is 41.7 Å². The normalized spacial score (nSPS) is 15.8. The summed E-state index contributed by atoms with van der Waals surface area (Å²) in [6, 6.07) is 8.16. The zero-order valence-electron chi connectivity index (χ0n) is 15.9. The Balaban J connectivity index is 1.86. The molecule has 0 bridgehead atoms. The molecule has 0 saturated carbocycles. The third-order valence-corrected chi connectivity index (χ3v) is 8.17. The van der Waals surface area contributed by atoms with E-state index >= 15 is 0 Å². The second kappa shape index (κ2) is 8.49. The first-order chi connectivity index (χ1) is 13.6. The first kappa shape index (κ1) is 21.8. The number of methoxy groups -OCH3 is 1. The Bertz CT molecular complexity index is 1100. The minimum Gasteiger partial charge on any atom is -0.495 e. The number of nitrogens with one attached hydrogen (secondary N) is 1. The topological polar surface area (TPSA) is 102 Å². The number of nitrogens with zero attached hydrogens (tertiary/aromatic N) is 1. The molecule has 0 spiro atoms. The molecule has 1 saturated heterocycles. The van der Waals surface area contributed by atoms with E-state index in [-0.39, 0.29) is 34.3 Å². The van der Waals surface area contributed by atoms with E-state index in [9.17, 15) is 16.8 Å². The number of aryl methyl sites for hydroxylation is 1. The van der Waals surface area contributed by atoms with Crippen molar-refractivity contribution in [1.82, 2.24) is 4.31 Å². The zero-order valence-corrected chi connectivity index (χ0v) is 18.3. The lowest BCUT2D eigenvalue weighted by atomic mass is 10.2. The van der Waals surface area contributed by atoms with Crippen molar-refractivity contribution >= 4 is 37.3 Å². The minimum atomic E-state index is -3.96. The lowest BCUT2D eigenvalue weighted by Gasteiger charge is -2.26. The fourth-order valence-electron chi connectivity index (χ4n) is 2.84. The van der Waals surface area contributed by atoms with Crippen LogP contribution in [0.4, 0.5) is 5.69 Å². The summed E-state index contributed by atoms with van der Waals surface area (Å²) >= 11 is 6.05. The highest BCUT2D eigenvalue weighted by molar-refractivity contribution is 7.92. The molecule has 0 unspecified atom stereocenters. The van der Waals surface area contributed by atoms with Crippen molar-refractivity contribution in [2.24, 2.45) is 0 Å². The SMILES string of the molecule is COc1cc(Cl)c(C)cc1NS(=O)(=O)c1ccc(S(=O)(=O)N2CCOCC2)cc1. The lowest BCUT2D eigenvalue weighted by Crippen LogP contribution is -2.40. The van der Waals surface area contributed by atoms with Crippen LogP contribution in [-0.2, 0) is 24.8 Å². The first-order valence-corrected chi connectivity index (χ1v) is 12.0. The van der Waals surface area contributed by atoms with Crippen LogP contribution in [0.5, 0.6) is 5.75 Å². The lowest BCUT2D eigenvalue weighted by molar-refractivity contribution is 0.0730. The molecular weight excluding hydrogens is 440 g/mol. The molecule has 1 fully saturated rings. The molecule has 2 aromatic rings. The number of hydrogen-bond acceptors (Lipinski definition) is 6. The fraction of sp³-hybridized carbons (Fsp3) is 0.333. The van der Waals surface area contributed by atoms with Crippen molar-refractivity contribution in [3.8, 4) is 5.75 Å². The molecule has 1 N–H and O–H groups in total. The molecule has 2 aromatic carbocycles. The van der Waals surface area contributed by atoms with Crippen LogP contribution in [0.3, 0.4) is 0 Å². The Morgan fingerprint density at radius 1 is 1.03 bits per heavy atom. The third kappa shape index (κ3) is 4.67. The molecule has 1 aliphatic heterocycles. The molecule has 0 radical (unpaired) electrons. The number of hydrogen-bond donors (Lipinski definition) is 1. The number of rotatable bonds is 6. The second-order valence-corrected chi connectivity index (χ2v) is 10.4. The predicted octanol–water partition coefficient (Wildman–Crippen LogP) is 2.48. The van der Waals surface area contributed by atoms with Gasteiger partial charge in [0.1, 0.15) is 5.75 Å². The highest BCUT2D eigenvalue weighted by atomic mass is 35.5. The van der Waals surface area contributed by atoms with E-state index in [1.54, 1.807) is 13.0 Å². The highest BCUT2D eigenvalue weighted by Gasteiger charge is 2.27. The monoisotopic (exact) mass is 460 g/mol. The smallest absolute Gasteiger partial charge is 0.262 e. The number of halogens is 1. The number of morpholine rings is 1. The summed E-state index contributed by atoms with van der Waals surface area (Å²) in [4.78, 5) is -0.0497. The minimum absolute atomic E-state index is 0.0262. The van der Waals surface area contributed by atoms with Crippen molar-refractivity contribution in [1.29, 1.82) is 0 Å². The standard InChI is InChI=1S/C18H21ClN2O6S2/c1-13-11-17(18(26-2)12-16(13)19)20-28(22,23)14-3-5-15(6-4-14)29(24,25)21-7-9-27-10-8-21/h3-6,11-12,20H,7-10H2,1-2H3. The van der Waals surface area contributed by atoms with Gasteiger partial charge in [-0.3, -0.25) is 4.72 Å². The average molecular weight is 461 g/mol. The van der Waals surface area contributed by atoms with Gasteiger partial charge in [-0.05, 0) is 42.8 Å². The molecule has 0 aromatic heterocycles. The number of benzene rings is 2. The van der Waals surface area contributed by atoms with Gasteiger partial charge in [0.05, 0.1) is 35.8 Å². The van der Waals surface area contributed by atoms with Gasteiger partial charge in [-0.15, -0.1) is 0 Å². The van der Waals surface area contributed by atoms with E-state index in [4.69, 9.17) is 21.1 Å². The third-order valence-electron chi connectivity index (χ3n) is 4.47. The van der Waals surface area contributed by atoms with Crippen molar-refractivity contribution < 1.29 is 26.3 Å². The maximum absolute atomic E-state index is 12.8. The highest BCUT2D eigenvalue weighted by Crippen LogP contribution is 2.32. The molecule has 29 heavy (non-hydrogen) atoms. The van der Waals surface area contributed by atoms with Crippen molar-refractivity contribution in [2.75, 3.05) is 38.1 Å². The Kier molecular flexibility index (Phi) is 6.39. The van der Waals surface area contributed by atoms with E-state index < -0.39 is 20.0 Å². The number of anilines is 1. The van der Waals surface area contributed by atoms with E-state index in [1.807, 2.05) is 0 Å². The van der Waals surface area contributed by atoms with Crippen molar-refractivity contribution in [2.45, 2.75) is 16.7 Å². The Hall–Kier alpha value is -1.85.